The second kappa shape index (κ2) is 8.95. The Morgan fingerprint density at radius 2 is 1.53 bits per heavy atom. The van der Waals surface area contributed by atoms with Crippen molar-refractivity contribution in [1.29, 1.82) is 5.26 Å². The van der Waals surface area contributed by atoms with Gasteiger partial charge in [-0.3, -0.25) is 4.79 Å². The van der Waals surface area contributed by atoms with E-state index in [1.165, 1.54) is 0 Å². The molecule has 1 saturated heterocycles. The number of hydrogen-bond acceptors (Lipinski definition) is 5. The van der Waals surface area contributed by atoms with E-state index in [0.29, 0.717) is 24.2 Å². The van der Waals surface area contributed by atoms with Gasteiger partial charge in [-0.15, -0.1) is 10.2 Å². The first-order chi connectivity index (χ1) is 16.6. The molecule has 0 N–H and O–H groups in total. The van der Waals surface area contributed by atoms with Crippen molar-refractivity contribution in [2.45, 2.75) is 25.9 Å². The fourth-order valence-electron chi connectivity index (χ4n) is 4.67. The minimum Gasteiger partial charge on any atom is -0.348 e. The highest BCUT2D eigenvalue weighted by molar-refractivity contribution is 6.00. The molecule has 5 rings (SSSR count). The van der Waals surface area contributed by atoms with Gasteiger partial charge in [0.05, 0.1) is 11.6 Å². The van der Waals surface area contributed by atoms with E-state index in [-0.39, 0.29) is 18.0 Å². The van der Waals surface area contributed by atoms with Gasteiger partial charge in [0.2, 0.25) is 0 Å². The van der Waals surface area contributed by atoms with Crippen LogP contribution in [0.25, 0.3) is 22.0 Å². The number of benzene rings is 3. The van der Waals surface area contributed by atoms with Gasteiger partial charge in [0.15, 0.2) is 5.82 Å². The van der Waals surface area contributed by atoms with Crippen molar-refractivity contribution in [1.82, 2.24) is 15.1 Å². The summed E-state index contributed by atoms with van der Waals surface area (Å²) in [5.41, 5.74) is 3.05. The Bertz CT molecular complexity index is 1380. The molecule has 0 aliphatic carbocycles. The molecule has 3 aromatic carbocycles. The molecule has 0 spiro atoms. The van der Waals surface area contributed by atoms with Gasteiger partial charge in [-0.25, -0.2) is 0 Å². The number of carbonyl (C=O) groups excluding carboxylic acids is 1. The Labute approximate surface area is 199 Å². The predicted octanol–water partition coefficient (Wildman–Crippen LogP) is 4.91. The molecule has 0 saturated carbocycles. The molecular weight excluding hydrogens is 422 g/mol. The van der Waals surface area contributed by atoms with Crippen molar-refractivity contribution in [2.75, 3.05) is 18.0 Å². The molecule has 34 heavy (non-hydrogen) atoms. The Morgan fingerprint density at radius 3 is 2.24 bits per heavy atom. The smallest absolute Gasteiger partial charge is 0.254 e. The van der Waals surface area contributed by atoms with Crippen LogP contribution < -0.4 is 4.90 Å². The molecule has 2 unspecified atom stereocenters. The van der Waals surface area contributed by atoms with E-state index < -0.39 is 0 Å². The third-order valence-corrected chi connectivity index (χ3v) is 6.49. The zero-order chi connectivity index (χ0) is 23.7. The summed E-state index contributed by atoms with van der Waals surface area (Å²) in [6, 6.07) is 27.3. The summed E-state index contributed by atoms with van der Waals surface area (Å²) in [4.78, 5) is 17.3. The number of nitriles is 1. The van der Waals surface area contributed by atoms with Crippen LogP contribution in [-0.2, 0) is 0 Å². The molecule has 1 amide bonds. The quantitative estimate of drug-likeness (QED) is 0.446. The van der Waals surface area contributed by atoms with Crippen LogP contribution in [0.3, 0.4) is 0 Å². The Hall–Kier alpha value is -4.24. The number of rotatable bonds is 3. The zero-order valence-corrected chi connectivity index (χ0v) is 19.2. The summed E-state index contributed by atoms with van der Waals surface area (Å²) in [7, 11) is 0. The lowest BCUT2D eigenvalue weighted by Gasteiger charge is -2.44. The third kappa shape index (κ3) is 3.86. The number of hydrogen-bond donors (Lipinski definition) is 0. The molecule has 0 radical (unpaired) electrons. The van der Waals surface area contributed by atoms with Gasteiger partial charge in [0.1, 0.15) is 5.69 Å². The normalized spacial score (nSPS) is 18.0. The number of fused-ring (bicyclic) bond motifs is 1. The van der Waals surface area contributed by atoms with Crippen molar-refractivity contribution in [3.8, 4) is 17.3 Å². The molecule has 1 aliphatic rings. The van der Waals surface area contributed by atoms with E-state index in [1.54, 1.807) is 12.1 Å². The van der Waals surface area contributed by atoms with E-state index in [1.807, 2.05) is 59.5 Å². The minimum absolute atomic E-state index is 0.0303. The summed E-state index contributed by atoms with van der Waals surface area (Å²) in [5.74, 6) is 0.894. The number of anilines is 1. The number of piperazine rings is 1. The molecule has 2 atom stereocenters. The Balaban J connectivity index is 1.48. The van der Waals surface area contributed by atoms with Gasteiger partial charge in [-0.2, -0.15) is 5.26 Å². The fraction of sp³-hybridized carbons (Fsp3) is 0.214. The fourth-order valence-corrected chi connectivity index (χ4v) is 4.67. The zero-order valence-electron chi connectivity index (χ0n) is 19.2. The van der Waals surface area contributed by atoms with Crippen LogP contribution in [0.1, 0.15) is 29.8 Å². The topological polar surface area (TPSA) is 73.1 Å². The molecular formula is C28H25N5O. The van der Waals surface area contributed by atoms with Crippen molar-refractivity contribution in [3.05, 3.63) is 90.0 Å². The molecule has 1 aromatic heterocycles. The maximum atomic E-state index is 13.1. The van der Waals surface area contributed by atoms with Gasteiger partial charge in [-0.1, -0.05) is 54.6 Å². The maximum absolute atomic E-state index is 13.1. The summed E-state index contributed by atoms with van der Waals surface area (Å²) in [6.07, 6.45) is 0. The van der Waals surface area contributed by atoms with E-state index in [0.717, 1.165) is 27.8 Å². The SMILES string of the molecule is CC1CN(c2nnc(-c3ccc(C#N)cc3)c3ccccc23)C(C)CN1C(=O)c1ccccc1. The standard InChI is InChI=1S/C28H25N5O/c1-19-18-33(28(34)23-8-4-3-5-9-23)20(2)17-32(19)27-25-11-7-6-10-24(25)26(30-31-27)22-14-12-21(16-29)13-15-22/h3-15,19-20H,17-18H2,1-2H3. The highest BCUT2D eigenvalue weighted by Gasteiger charge is 2.34. The lowest BCUT2D eigenvalue weighted by molar-refractivity contribution is 0.0644. The average molecular weight is 448 g/mol. The van der Waals surface area contributed by atoms with Crippen LogP contribution in [0, 0.1) is 11.3 Å². The second-order valence-corrected chi connectivity index (χ2v) is 8.78. The van der Waals surface area contributed by atoms with E-state index in [9.17, 15) is 4.79 Å². The highest BCUT2D eigenvalue weighted by atomic mass is 16.2. The average Bonchev–Trinajstić information content (AvgIpc) is 2.89. The number of carbonyl (C=O) groups is 1. The Morgan fingerprint density at radius 1 is 0.853 bits per heavy atom. The van der Waals surface area contributed by atoms with E-state index >= 15 is 0 Å². The van der Waals surface area contributed by atoms with Crippen LogP contribution in [-0.4, -0.2) is 46.2 Å². The maximum Gasteiger partial charge on any atom is 0.254 e. The lowest BCUT2D eigenvalue weighted by Crippen LogP contribution is -2.58. The van der Waals surface area contributed by atoms with E-state index in [2.05, 4.69) is 47.1 Å². The summed E-state index contributed by atoms with van der Waals surface area (Å²) in [6.45, 7) is 5.50. The van der Waals surface area contributed by atoms with Gasteiger partial charge in [0.25, 0.3) is 5.91 Å². The molecule has 1 aliphatic heterocycles. The number of nitrogens with zero attached hydrogens (tertiary/aromatic N) is 5. The van der Waals surface area contributed by atoms with Crippen LogP contribution in [0.2, 0.25) is 0 Å². The monoisotopic (exact) mass is 447 g/mol. The van der Waals surface area contributed by atoms with Gasteiger partial charge in [0, 0.05) is 47.1 Å². The number of aromatic nitrogens is 2. The molecule has 2 heterocycles. The van der Waals surface area contributed by atoms with E-state index in [4.69, 9.17) is 5.26 Å². The minimum atomic E-state index is 0.0303. The molecule has 1 fully saturated rings. The lowest BCUT2D eigenvalue weighted by atomic mass is 10.0. The van der Waals surface area contributed by atoms with Crippen molar-refractivity contribution >= 4 is 22.5 Å². The first-order valence-corrected chi connectivity index (χ1v) is 11.5. The predicted molar refractivity (Wildman–Crippen MR) is 133 cm³/mol. The molecule has 4 aromatic rings. The summed E-state index contributed by atoms with van der Waals surface area (Å²) < 4.78 is 0. The molecule has 6 nitrogen and oxygen atoms in total. The van der Waals surface area contributed by atoms with Crippen molar-refractivity contribution < 1.29 is 4.79 Å². The van der Waals surface area contributed by atoms with Gasteiger partial charge in [-0.05, 0) is 38.1 Å². The Kier molecular flexibility index (Phi) is 5.69. The van der Waals surface area contributed by atoms with Crippen LogP contribution in [0.15, 0.2) is 78.9 Å². The third-order valence-electron chi connectivity index (χ3n) is 6.49. The van der Waals surface area contributed by atoms with Gasteiger partial charge < -0.3 is 9.80 Å². The van der Waals surface area contributed by atoms with Gasteiger partial charge >= 0.3 is 0 Å². The van der Waals surface area contributed by atoms with Crippen molar-refractivity contribution in [2.24, 2.45) is 0 Å². The van der Waals surface area contributed by atoms with Crippen LogP contribution >= 0.6 is 0 Å². The van der Waals surface area contributed by atoms with Crippen molar-refractivity contribution in [3.63, 3.8) is 0 Å². The highest BCUT2D eigenvalue weighted by Crippen LogP contribution is 2.33. The molecule has 6 heteroatoms. The second-order valence-electron chi connectivity index (χ2n) is 8.78. The molecule has 168 valence electrons. The first kappa shape index (κ1) is 21.6. The largest absolute Gasteiger partial charge is 0.348 e. The number of amides is 1. The summed E-state index contributed by atoms with van der Waals surface area (Å²) >= 11 is 0. The first-order valence-electron chi connectivity index (χ1n) is 11.5. The summed E-state index contributed by atoms with van der Waals surface area (Å²) in [5, 5.41) is 20.4. The van der Waals surface area contributed by atoms with Crippen LogP contribution in [0.5, 0.6) is 0 Å². The van der Waals surface area contributed by atoms with Crippen LogP contribution in [0.4, 0.5) is 5.82 Å². The molecule has 0 bridgehead atoms.